The van der Waals surface area contributed by atoms with Gasteiger partial charge in [-0.25, -0.2) is 9.67 Å². The van der Waals surface area contributed by atoms with Crippen molar-refractivity contribution < 1.29 is 14.3 Å². The number of methoxy groups -OCH3 is 1. The molecule has 1 fully saturated rings. The highest BCUT2D eigenvalue weighted by Crippen LogP contribution is 2.36. The van der Waals surface area contributed by atoms with Crippen LogP contribution in [0.4, 0.5) is 5.82 Å². The van der Waals surface area contributed by atoms with Crippen molar-refractivity contribution in [2.24, 2.45) is 7.05 Å². The Bertz CT molecular complexity index is 1760. The zero-order valence-corrected chi connectivity index (χ0v) is 23.6. The van der Waals surface area contributed by atoms with Gasteiger partial charge in [0.25, 0.3) is 5.91 Å². The number of carbonyl (C=O) groups is 1. The van der Waals surface area contributed by atoms with E-state index in [-0.39, 0.29) is 5.91 Å². The number of carbonyl (C=O) groups excluding carboxylic acids is 1. The average molecular weight is 541 g/mol. The molecule has 0 N–H and O–H groups in total. The van der Waals surface area contributed by atoms with Crippen molar-refractivity contribution in [1.29, 1.82) is 0 Å². The number of rotatable bonds is 5. The van der Waals surface area contributed by atoms with Gasteiger partial charge < -0.3 is 23.8 Å². The summed E-state index contributed by atoms with van der Waals surface area (Å²) in [6.45, 7) is 6.63. The summed E-state index contributed by atoms with van der Waals surface area (Å²) in [5.41, 5.74) is 5.71. The number of aromatic nitrogens is 6. The lowest BCUT2D eigenvalue weighted by atomic mass is 10.1. The number of hydrogen-bond donors (Lipinski definition) is 0. The van der Waals surface area contributed by atoms with Gasteiger partial charge in [-0.3, -0.25) is 14.8 Å². The van der Waals surface area contributed by atoms with Crippen LogP contribution in [0.15, 0.2) is 36.8 Å². The highest BCUT2D eigenvalue weighted by atomic mass is 16.5. The molecular formula is C29H32N8O3. The van der Waals surface area contributed by atoms with E-state index >= 15 is 0 Å². The second kappa shape index (κ2) is 9.91. The van der Waals surface area contributed by atoms with Gasteiger partial charge in [0.15, 0.2) is 5.82 Å². The molecule has 40 heavy (non-hydrogen) atoms. The fourth-order valence-corrected chi connectivity index (χ4v) is 5.50. The number of amides is 1. The number of fused-ring (bicyclic) bond motifs is 2. The maximum Gasteiger partial charge on any atom is 0.270 e. The first kappa shape index (κ1) is 25.8. The van der Waals surface area contributed by atoms with Crippen LogP contribution in [-0.4, -0.2) is 87.6 Å². The molecule has 0 aliphatic carbocycles. The summed E-state index contributed by atoms with van der Waals surface area (Å²) in [6, 6.07) is 5.82. The Morgan fingerprint density at radius 2 is 1.85 bits per heavy atom. The maximum absolute atomic E-state index is 13.2. The molecule has 0 bridgehead atoms. The Balaban J connectivity index is 1.61. The van der Waals surface area contributed by atoms with Crippen molar-refractivity contribution in [1.82, 2.24) is 34.2 Å². The van der Waals surface area contributed by atoms with Crippen molar-refractivity contribution in [3.63, 3.8) is 0 Å². The Morgan fingerprint density at radius 1 is 1.07 bits per heavy atom. The molecule has 5 aromatic heterocycles. The molecule has 206 valence electrons. The Morgan fingerprint density at radius 3 is 2.58 bits per heavy atom. The Labute approximate surface area is 232 Å². The fourth-order valence-electron chi connectivity index (χ4n) is 5.50. The topological polar surface area (TPSA) is 103 Å². The molecule has 6 rings (SSSR count). The molecule has 11 heteroatoms. The van der Waals surface area contributed by atoms with Crippen LogP contribution in [0, 0.1) is 13.8 Å². The summed E-state index contributed by atoms with van der Waals surface area (Å²) in [5.74, 6) is 2.12. The number of hydrogen-bond acceptors (Lipinski definition) is 8. The third kappa shape index (κ3) is 4.04. The van der Waals surface area contributed by atoms with E-state index in [2.05, 4.69) is 9.88 Å². The number of anilines is 1. The molecule has 11 nitrogen and oxygen atoms in total. The first-order chi connectivity index (χ1) is 19.3. The highest BCUT2D eigenvalue weighted by molar-refractivity contribution is 6.05. The van der Waals surface area contributed by atoms with Crippen molar-refractivity contribution in [3.05, 3.63) is 53.7 Å². The van der Waals surface area contributed by atoms with Crippen molar-refractivity contribution in [2.75, 3.05) is 52.4 Å². The van der Waals surface area contributed by atoms with Crippen LogP contribution < -0.4 is 9.64 Å². The SMILES string of the molecule is COc1ccncc1-c1cc2c(cnn2-c2cc3c(c(N4CCOCC4)n2)c(C)c(C(=O)N(C)C)n3C)c(C)n1. The molecule has 0 radical (unpaired) electrons. The van der Waals surface area contributed by atoms with Crippen LogP contribution in [0.1, 0.15) is 21.7 Å². The third-order valence-electron chi connectivity index (χ3n) is 7.56. The summed E-state index contributed by atoms with van der Waals surface area (Å²) in [4.78, 5) is 31.3. The third-order valence-corrected chi connectivity index (χ3v) is 7.56. The van der Waals surface area contributed by atoms with Crippen LogP contribution in [0.5, 0.6) is 5.75 Å². The van der Waals surface area contributed by atoms with Gasteiger partial charge in [0.05, 0.1) is 48.8 Å². The van der Waals surface area contributed by atoms with E-state index in [1.807, 2.05) is 54.5 Å². The van der Waals surface area contributed by atoms with Gasteiger partial charge >= 0.3 is 0 Å². The van der Waals surface area contributed by atoms with Crippen LogP contribution >= 0.6 is 0 Å². The molecule has 1 aliphatic rings. The van der Waals surface area contributed by atoms with Gasteiger partial charge in [-0.2, -0.15) is 5.10 Å². The van der Waals surface area contributed by atoms with E-state index in [4.69, 9.17) is 24.5 Å². The number of aryl methyl sites for hydroxylation is 3. The second-order valence-electron chi connectivity index (χ2n) is 10.2. The Kier molecular flexibility index (Phi) is 6.38. The van der Waals surface area contributed by atoms with E-state index in [1.54, 1.807) is 38.5 Å². The van der Waals surface area contributed by atoms with E-state index in [1.165, 1.54) is 0 Å². The zero-order valence-electron chi connectivity index (χ0n) is 23.6. The van der Waals surface area contributed by atoms with Gasteiger partial charge in [-0.15, -0.1) is 0 Å². The summed E-state index contributed by atoms with van der Waals surface area (Å²) in [5, 5.41) is 6.65. The molecule has 0 atom stereocenters. The van der Waals surface area contributed by atoms with Crippen LogP contribution in [0.25, 0.3) is 38.9 Å². The lowest BCUT2D eigenvalue weighted by Gasteiger charge is -2.29. The van der Waals surface area contributed by atoms with Crippen molar-refractivity contribution in [3.8, 4) is 22.8 Å². The largest absolute Gasteiger partial charge is 0.496 e. The normalized spacial score (nSPS) is 13.8. The maximum atomic E-state index is 13.2. The standard InChI is InChI=1S/C29H32N8O3/c1-17-26-23(35(5)27(17)29(38)34(3)4)14-25(33-28(26)36-9-11-40-12-10-36)37-22-13-21(32-18(2)19(22)16-31-37)20-15-30-8-7-24(20)39-6/h7-8,13-16H,9-12H2,1-6H3. The number of morpholine rings is 1. The van der Waals surface area contributed by atoms with Gasteiger partial charge in [0.1, 0.15) is 17.3 Å². The van der Waals surface area contributed by atoms with Crippen molar-refractivity contribution in [2.45, 2.75) is 13.8 Å². The van der Waals surface area contributed by atoms with Crippen LogP contribution in [0.3, 0.4) is 0 Å². The van der Waals surface area contributed by atoms with Crippen LogP contribution in [0.2, 0.25) is 0 Å². The highest BCUT2D eigenvalue weighted by Gasteiger charge is 2.27. The van der Waals surface area contributed by atoms with Gasteiger partial charge in [-0.1, -0.05) is 0 Å². The summed E-state index contributed by atoms with van der Waals surface area (Å²) >= 11 is 0. The van der Waals surface area contributed by atoms with Crippen molar-refractivity contribution >= 4 is 33.5 Å². The van der Waals surface area contributed by atoms with E-state index < -0.39 is 0 Å². The Hall–Kier alpha value is -4.51. The monoisotopic (exact) mass is 540 g/mol. The number of nitrogens with zero attached hydrogens (tertiary/aromatic N) is 8. The smallest absolute Gasteiger partial charge is 0.270 e. The minimum atomic E-state index is -0.0491. The molecule has 0 saturated carbocycles. The van der Waals surface area contributed by atoms with Gasteiger partial charge in [0, 0.05) is 69.2 Å². The molecule has 5 aromatic rings. The second-order valence-corrected chi connectivity index (χ2v) is 10.2. The fraction of sp³-hybridized carbons (Fsp3) is 0.345. The van der Waals surface area contributed by atoms with E-state index in [9.17, 15) is 4.79 Å². The molecular weight excluding hydrogens is 508 g/mol. The molecule has 0 spiro atoms. The van der Waals surface area contributed by atoms with E-state index in [0.717, 1.165) is 50.1 Å². The molecule has 1 aliphatic heterocycles. The quantitative estimate of drug-likeness (QED) is 0.334. The van der Waals surface area contributed by atoms with Gasteiger partial charge in [0.2, 0.25) is 0 Å². The molecule has 1 saturated heterocycles. The van der Waals surface area contributed by atoms with Gasteiger partial charge in [-0.05, 0) is 31.5 Å². The molecule has 1 amide bonds. The average Bonchev–Trinajstić information content (AvgIpc) is 3.51. The first-order valence-corrected chi connectivity index (χ1v) is 13.2. The summed E-state index contributed by atoms with van der Waals surface area (Å²) < 4.78 is 15.0. The number of ether oxygens (including phenoxy) is 2. The van der Waals surface area contributed by atoms with E-state index in [0.29, 0.717) is 43.6 Å². The molecule has 0 unspecified atom stereocenters. The molecule has 6 heterocycles. The lowest BCUT2D eigenvalue weighted by molar-refractivity contribution is 0.0818. The predicted octanol–water partition coefficient (Wildman–Crippen LogP) is 3.53. The first-order valence-electron chi connectivity index (χ1n) is 13.2. The summed E-state index contributed by atoms with van der Waals surface area (Å²) in [7, 11) is 7.11. The minimum absolute atomic E-state index is 0.0491. The predicted molar refractivity (Wildman–Crippen MR) is 153 cm³/mol. The molecule has 0 aromatic carbocycles. The minimum Gasteiger partial charge on any atom is -0.496 e. The van der Waals surface area contributed by atoms with Crippen LogP contribution in [-0.2, 0) is 11.8 Å². The number of pyridine rings is 3. The lowest BCUT2D eigenvalue weighted by Crippen LogP contribution is -2.37. The zero-order chi connectivity index (χ0) is 28.1. The summed E-state index contributed by atoms with van der Waals surface area (Å²) in [6.07, 6.45) is 5.27.